The summed E-state index contributed by atoms with van der Waals surface area (Å²) in [7, 11) is -0.541. The molecule has 0 bridgehead atoms. The lowest BCUT2D eigenvalue weighted by Gasteiger charge is -2.33. The minimum Gasteiger partial charge on any atom is -0.497 e. The van der Waals surface area contributed by atoms with Crippen LogP contribution in [0.5, 0.6) is 34.5 Å². The molecule has 0 saturated carbocycles. The molecule has 0 N–H and O–H groups in total. The number of sulfone groups is 1. The molecule has 1 atom stereocenters. The van der Waals surface area contributed by atoms with Crippen molar-refractivity contribution in [2.24, 2.45) is 0 Å². The van der Waals surface area contributed by atoms with Crippen LogP contribution in [-0.4, -0.2) is 35.9 Å². The second kappa shape index (κ2) is 16.2. The van der Waals surface area contributed by atoms with Crippen molar-refractivity contribution in [3.05, 3.63) is 115 Å². The van der Waals surface area contributed by atoms with E-state index in [0.717, 1.165) is 54.9 Å². The van der Waals surface area contributed by atoms with E-state index in [2.05, 4.69) is 38.1 Å². The van der Waals surface area contributed by atoms with Crippen molar-refractivity contribution in [3.63, 3.8) is 0 Å². The molecule has 0 fully saturated rings. The van der Waals surface area contributed by atoms with Gasteiger partial charge in [-0.3, -0.25) is 0 Å². The Bertz CT molecular complexity index is 1960. The van der Waals surface area contributed by atoms with Crippen molar-refractivity contribution in [1.82, 2.24) is 0 Å². The van der Waals surface area contributed by atoms with E-state index < -0.39 is 9.84 Å². The molecule has 266 valence electrons. The lowest BCUT2D eigenvalue weighted by Crippen LogP contribution is -2.16. The molecule has 1 heterocycles. The molecule has 1 aliphatic rings. The topological polar surface area (TPSA) is 83.5 Å². The Morgan fingerprint density at radius 2 is 1.06 bits per heavy atom. The highest BCUT2D eigenvalue weighted by Gasteiger charge is 2.27. The number of hydrogen-bond donors (Lipinski definition) is 0. The van der Waals surface area contributed by atoms with Crippen LogP contribution in [0.4, 0.5) is 17.1 Å². The number of rotatable bonds is 16. The molecule has 1 aliphatic heterocycles. The normalized spacial score (nSPS) is 12.7. The van der Waals surface area contributed by atoms with Gasteiger partial charge in [0, 0.05) is 17.8 Å². The number of unbranched alkanes of at least 4 members (excludes halogenated alkanes) is 3. The Balaban J connectivity index is 1.02. The summed E-state index contributed by atoms with van der Waals surface area (Å²) in [4.78, 5) is 2.43. The van der Waals surface area contributed by atoms with Crippen LogP contribution in [0, 0.1) is 0 Å². The summed E-state index contributed by atoms with van der Waals surface area (Å²) in [5.41, 5.74) is 3.72. The van der Waals surface area contributed by atoms with Crippen molar-refractivity contribution in [1.29, 1.82) is 0 Å². The fourth-order valence-electron chi connectivity index (χ4n) is 5.99. The Hall–Kier alpha value is -5.15. The summed E-state index contributed by atoms with van der Waals surface area (Å²) in [6, 6.07) is 33.1. The lowest BCUT2D eigenvalue weighted by atomic mass is 9.99. The van der Waals surface area contributed by atoms with Gasteiger partial charge >= 0.3 is 0 Å². The molecule has 5 aromatic carbocycles. The molecule has 0 aliphatic carbocycles. The first-order valence-corrected chi connectivity index (χ1v) is 18.9. The minimum atomic E-state index is -3.75. The van der Waals surface area contributed by atoms with Crippen molar-refractivity contribution in [2.75, 3.05) is 32.3 Å². The Morgan fingerprint density at radius 3 is 1.53 bits per heavy atom. The molecule has 9 heteroatoms. The number of nitrogens with zero attached hydrogens (tertiary/aromatic N) is 1. The quantitative estimate of drug-likeness (QED) is 0.0919. The van der Waals surface area contributed by atoms with Crippen LogP contribution in [0.1, 0.15) is 57.4 Å². The van der Waals surface area contributed by atoms with Crippen LogP contribution < -0.4 is 28.6 Å². The van der Waals surface area contributed by atoms with Crippen molar-refractivity contribution in [2.45, 2.75) is 61.7 Å². The van der Waals surface area contributed by atoms with E-state index >= 15 is 0 Å². The standard InChI is InChI=1S/C42H45NO7S/c1-5-30(2)31-10-14-33(15-11-31)48-26-8-6-7-9-27-49-34-16-22-38(23-17-34)51(44,45)37-20-12-32(13-21-37)43-39-24-18-35(46-3)28-41(39)50-42-29-36(47-4)19-25-40(42)43/h10-25,28-30H,5-9,26-27H2,1-4H3. The Morgan fingerprint density at radius 1 is 0.608 bits per heavy atom. The van der Waals surface area contributed by atoms with Gasteiger partial charge in [-0.1, -0.05) is 26.0 Å². The molecule has 0 radical (unpaired) electrons. The van der Waals surface area contributed by atoms with E-state index in [4.69, 9.17) is 23.7 Å². The van der Waals surface area contributed by atoms with Gasteiger partial charge in [-0.2, -0.15) is 0 Å². The molecule has 0 saturated heterocycles. The fourth-order valence-corrected chi connectivity index (χ4v) is 7.25. The number of anilines is 3. The Kier molecular flexibility index (Phi) is 11.4. The average molecular weight is 708 g/mol. The van der Waals surface area contributed by atoms with Crippen LogP contribution >= 0.6 is 0 Å². The van der Waals surface area contributed by atoms with Gasteiger partial charge in [0.1, 0.15) is 23.0 Å². The van der Waals surface area contributed by atoms with Crippen LogP contribution in [0.15, 0.2) is 119 Å². The lowest BCUT2D eigenvalue weighted by molar-refractivity contribution is 0.287. The van der Waals surface area contributed by atoms with Crippen LogP contribution in [0.2, 0.25) is 0 Å². The molecule has 0 amide bonds. The summed E-state index contributed by atoms with van der Waals surface area (Å²) >= 11 is 0. The molecule has 6 rings (SSSR count). The molecular weight excluding hydrogens is 663 g/mol. The van der Waals surface area contributed by atoms with Gasteiger partial charge in [-0.15, -0.1) is 0 Å². The van der Waals surface area contributed by atoms with Crippen LogP contribution in [-0.2, 0) is 9.84 Å². The minimum absolute atomic E-state index is 0.199. The average Bonchev–Trinajstić information content (AvgIpc) is 3.17. The molecule has 1 unspecified atom stereocenters. The summed E-state index contributed by atoms with van der Waals surface area (Å²) in [5, 5.41) is 0. The number of ether oxygens (including phenoxy) is 5. The summed E-state index contributed by atoms with van der Waals surface area (Å²) in [5.74, 6) is 4.67. The first kappa shape index (κ1) is 35.7. The molecule has 0 spiro atoms. The third kappa shape index (κ3) is 8.26. The van der Waals surface area contributed by atoms with E-state index in [1.165, 1.54) is 5.56 Å². The maximum Gasteiger partial charge on any atom is 0.206 e. The maximum atomic E-state index is 13.6. The fraction of sp³-hybridized carbons (Fsp3) is 0.286. The van der Waals surface area contributed by atoms with Gasteiger partial charge in [0.05, 0.1) is 48.6 Å². The third-order valence-corrected chi connectivity index (χ3v) is 11.0. The molecule has 51 heavy (non-hydrogen) atoms. The van der Waals surface area contributed by atoms with Crippen LogP contribution in [0.25, 0.3) is 0 Å². The van der Waals surface area contributed by atoms with Gasteiger partial charge in [0.15, 0.2) is 11.5 Å². The smallest absolute Gasteiger partial charge is 0.206 e. The highest BCUT2D eigenvalue weighted by molar-refractivity contribution is 7.91. The van der Waals surface area contributed by atoms with Gasteiger partial charge < -0.3 is 28.6 Å². The molecule has 8 nitrogen and oxygen atoms in total. The van der Waals surface area contributed by atoms with Crippen LogP contribution in [0.3, 0.4) is 0 Å². The van der Waals surface area contributed by atoms with Crippen molar-refractivity contribution >= 4 is 26.9 Å². The first-order chi connectivity index (χ1) is 24.8. The van der Waals surface area contributed by atoms with E-state index in [0.29, 0.717) is 47.9 Å². The van der Waals surface area contributed by atoms with E-state index in [9.17, 15) is 8.42 Å². The van der Waals surface area contributed by atoms with Gasteiger partial charge in [-0.05, 0) is 129 Å². The second-order valence-electron chi connectivity index (χ2n) is 12.6. The zero-order valence-corrected chi connectivity index (χ0v) is 30.4. The third-order valence-electron chi connectivity index (χ3n) is 9.21. The highest BCUT2D eigenvalue weighted by atomic mass is 32.2. The number of benzene rings is 5. The maximum absolute atomic E-state index is 13.6. The summed E-state index contributed by atoms with van der Waals surface area (Å²) in [6.45, 7) is 5.71. The zero-order chi connectivity index (χ0) is 35.8. The zero-order valence-electron chi connectivity index (χ0n) is 29.6. The molecular formula is C42H45NO7S. The molecule has 5 aromatic rings. The number of fused-ring (bicyclic) bond motifs is 2. The highest BCUT2D eigenvalue weighted by Crippen LogP contribution is 2.52. The van der Waals surface area contributed by atoms with Gasteiger partial charge in [0.25, 0.3) is 0 Å². The van der Waals surface area contributed by atoms with E-state index in [-0.39, 0.29) is 9.79 Å². The van der Waals surface area contributed by atoms with E-state index in [1.807, 2.05) is 41.3 Å². The SMILES string of the molecule is CCC(C)c1ccc(OCCCCCCOc2ccc(S(=O)(=O)c3ccc(N4c5ccc(OC)cc5Oc5cc(OC)ccc54)cc3)cc2)cc1. The molecule has 0 aromatic heterocycles. The Labute approximate surface area is 301 Å². The second-order valence-corrected chi connectivity index (χ2v) is 14.5. The van der Waals surface area contributed by atoms with Crippen molar-refractivity contribution in [3.8, 4) is 34.5 Å². The first-order valence-electron chi connectivity index (χ1n) is 17.5. The monoisotopic (exact) mass is 707 g/mol. The number of hydrogen-bond acceptors (Lipinski definition) is 8. The van der Waals surface area contributed by atoms with Gasteiger partial charge in [0.2, 0.25) is 9.84 Å². The van der Waals surface area contributed by atoms with Gasteiger partial charge in [-0.25, -0.2) is 8.42 Å². The predicted molar refractivity (Wildman–Crippen MR) is 201 cm³/mol. The largest absolute Gasteiger partial charge is 0.497 e. The predicted octanol–water partition coefficient (Wildman–Crippen LogP) is 10.6. The van der Waals surface area contributed by atoms with Crippen molar-refractivity contribution < 1.29 is 32.1 Å². The van der Waals surface area contributed by atoms with E-state index in [1.54, 1.807) is 62.8 Å². The number of methoxy groups -OCH3 is 2. The summed E-state index contributed by atoms with van der Waals surface area (Å²) in [6.07, 6.45) is 5.11. The summed E-state index contributed by atoms with van der Waals surface area (Å²) < 4.78 is 56.0.